The standard InChI is InChI=1S/C15H22N6O5S/c1-10-8-12(18-26-10)16-13(22)9-21-15(23)19(2)14(17-21)11-4-6-20(7-5-11)27(3,24)25/h8,11H,4-7,9H2,1-3H3,(H,16,18,22). The van der Waals surface area contributed by atoms with Crippen LogP contribution < -0.4 is 11.0 Å². The lowest BCUT2D eigenvalue weighted by molar-refractivity contribution is -0.117. The quantitative estimate of drug-likeness (QED) is 0.728. The lowest BCUT2D eigenvalue weighted by Gasteiger charge is -2.29. The number of hydrogen-bond acceptors (Lipinski definition) is 7. The monoisotopic (exact) mass is 398 g/mol. The third-order valence-electron chi connectivity index (χ3n) is 4.55. The summed E-state index contributed by atoms with van der Waals surface area (Å²) in [6, 6.07) is 1.57. The smallest absolute Gasteiger partial charge is 0.346 e. The first kappa shape index (κ1) is 19.3. The molecule has 0 atom stereocenters. The number of piperidine rings is 1. The number of carbonyl (C=O) groups is 1. The van der Waals surface area contributed by atoms with Crippen LogP contribution in [0.2, 0.25) is 0 Å². The normalized spacial score (nSPS) is 16.6. The molecule has 3 heterocycles. The highest BCUT2D eigenvalue weighted by Crippen LogP contribution is 2.26. The maximum absolute atomic E-state index is 12.4. The van der Waals surface area contributed by atoms with E-state index < -0.39 is 21.6 Å². The minimum atomic E-state index is -3.22. The van der Waals surface area contributed by atoms with E-state index in [-0.39, 0.29) is 18.3 Å². The van der Waals surface area contributed by atoms with Crippen molar-refractivity contribution in [2.24, 2.45) is 7.05 Å². The summed E-state index contributed by atoms with van der Waals surface area (Å²) in [5.41, 5.74) is -0.401. The van der Waals surface area contributed by atoms with Gasteiger partial charge in [-0.3, -0.25) is 9.36 Å². The van der Waals surface area contributed by atoms with Crippen molar-refractivity contribution in [3.63, 3.8) is 0 Å². The van der Waals surface area contributed by atoms with Gasteiger partial charge in [0.2, 0.25) is 15.9 Å². The predicted molar refractivity (Wildman–Crippen MR) is 95.7 cm³/mol. The number of nitrogens with one attached hydrogen (secondary N) is 1. The van der Waals surface area contributed by atoms with E-state index in [0.29, 0.717) is 37.5 Å². The molecule has 1 aliphatic rings. The molecule has 3 rings (SSSR count). The highest BCUT2D eigenvalue weighted by atomic mass is 32.2. The zero-order valence-corrected chi connectivity index (χ0v) is 16.2. The number of aromatic nitrogens is 4. The number of sulfonamides is 1. The van der Waals surface area contributed by atoms with Crippen LogP contribution in [0, 0.1) is 6.92 Å². The van der Waals surface area contributed by atoms with E-state index in [1.165, 1.54) is 15.1 Å². The second kappa shape index (κ2) is 7.27. The first-order valence-electron chi connectivity index (χ1n) is 8.47. The van der Waals surface area contributed by atoms with Crippen LogP contribution in [0.5, 0.6) is 0 Å². The third-order valence-corrected chi connectivity index (χ3v) is 5.85. The van der Waals surface area contributed by atoms with Gasteiger partial charge in [-0.15, -0.1) is 0 Å². The van der Waals surface area contributed by atoms with Crippen molar-refractivity contribution in [1.82, 2.24) is 23.8 Å². The molecule has 1 amide bonds. The van der Waals surface area contributed by atoms with Gasteiger partial charge in [-0.2, -0.15) is 5.10 Å². The summed E-state index contributed by atoms with van der Waals surface area (Å²) in [4.78, 5) is 24.5. The van der Waals surface area contributed by atoms with Crippen molar-refractivity contribution < 1.29 is 17.7 Å². The van der Waals surface area contributed by atoms with Crippen molar-refractivity contribution in [1.29, 1.82) is 0 Å². The Morgan fingerprint density at radius 1 is 1.37 bits per heavy atom. The van der Waals surface area contributed by atoms with E-state index in [2.05, 4.69) is 15.6 Å². The van der Waals surface area contributed by atoms with Gasteiger partial charge in [-0.1, -0.05) is 5.16 Å². The predicted octanol–water partition coefficient (Wildman–Crippen LogP) is -0.344. The van der Waals surface area contributed by atoms with E-state index >= 15 is 0 Å². The van der Waals surface area contributed by atoms with Crippen LogP contribution >= 0.6 is 0 Å². The van der Waals surface area contributed by atoms with E-state index in [1.807, 2.05) is 0 Å². The highest BCUT2D eigenvalue weighted by Gasteiger charge is 2.29. The minimum Gasteiger partial charge on any atom is -0.360 e. The second-order valence-electron chi connectivity index (χ2n) is 6.66. The molecule has 1 saturated heterocycles. The first-order valence-corrected chi connectivity index (χ1v) is 10.3. The van der Waals surface area contributed by atoms with Crippen LogP contribution in [0.15, 0.2) is 15.4 Å². The molecule has 11 nitrogen and oxygen atoms in total. The molecule has 0 saturated carbocycles. The number of amides is 1. The van der Waals surface area contributed by atoms with Gasteiger partial charge in [0.1, 0.15) is 18.1 Å². The SMILES string of the molecule is Cc1cc(NC(=O)Cn2nc(C3CCN(S(C)(=O)=O)CC3)n(C)c2=O)no1. The molecule has 27 heavy (non-hydrogen) atoms. The van der Waals surface area contributed by atoms with Crippen LogP contribution in [0.4, 0.5) is 5.82 Å². The largest absolute Gasteiger partial charge is 0.360 e. The molecule has 2 aromatic rings. The van der Waals surface area contributed by atoms with Crippen molar-refractivity contribution in [3.05, 3.63) is 28.1 Å². The lowest BCUT2D eigenvalue weighted by atomic mass is 9.97. The van der Waals surface area contributed by atoms with Crippen molar-refractivity contribution in [2.75, 3.05) is 24.7 Å². The van der Waals surface area contributed by atoms with Gasteiger partial charge in [0.05, 0.1) is 6.26 Å². The molecule has 1 fully saturated rings. The van der Waals surface area contributed by atoms with Gasteiger partial charge in [-0.05, 0) is 19.8 Å². The van der Waals surface area contributed by atoms with Crippen LogP contribution in [0.3, 0.4) is 0 Å². The molecule has 12 heteroatoms. The topological polar surface area (TPSA) is 132 Å². The number of rotatable bonds is 5. The summed E-state index contributed by atoms with van der Waals surface area (Å²) >= 11 is 0. The number of hydrogen-bond donors (Lipinski definition) is 1. The van der Waals surface area contributed by atoms with E-state index in [4.69, 9.17) is 4.52 Å². The van der Waals surface area contributed by atoms with Crippen LogP contribution in [0.1, 0.15) is 30.3 Å². The van der Waals surface area contributed by atoms with Gasteiger partial charge in [0, 0.05) is 32.1 Å². The summed E-state index contributed by atoms with van der Waals surface area (Å²) in [5, 5.41) is 10.5. The summed E-state index contributed by atoms with van der Waals surface area (Å²) in [6.45, 7) is 2.22. The Kier molecular flexibility index (Phi) is 5.20. The molecule has 0 unspecified atom stereocenters. The molecule has 148 valence electrons. The maximum Gasteiger partial charge on any atom is 0.346 e. The summed E-state index contributed by atoms with van der Waals surface area (Å²) in [6.07, 6.45) is 2.33. The van der Waals surface area contributed by atoms with E-state index in [9.17, 15) is 18.0 Å². The Labute approximate surface area is 156 Å². The number of anilines is 1. The molecule has 0 aromatic carbocycles. The molecular formula is C15H22N6O5S. The Hall–Kier alpha value is -2.47. The van der Waals surface area contributed by atoms with Crippen molar-refractivity contribution in [2.45, 2.75) is 32.2 Å². The Balaban J connectivity index is 1.69. The van der Waals surface area contributed by atoms with Crippen LogP contribution in [-0.4, -0.2) is 57.5 Å². The Bertz CT molecular complexity index is 996. The Morgan fingerprint density at radius 3 is 2.59 bits per heavy atom. The van der Waals surface area contributed by atoms with Gasteiger partial charge >= 0.3 is 5.69 Å². The van der Waals surface area contributed by atoms with Crippen LogP contribution in [0.25, 0.3) is 0 Å². The zero-order valence-electron chi connectivity index (χ0n) is 15.4. The average molecular weight is 398 g/mol. The van der Waals surface area contributed by atoms with Crippen molar-refractivity contribution in [3.8, 4) is 0 Å². The summed E-state index contributed by atoms with van der Waals surface area (Å²) < 4.78 is 32.1. The molecular weight excluding hydrogens is 376 g/mol. The fourth-order valence-corrected chi connectivity index (χ4v) is 4.03. The first-order chi connectivity index (χ1) is 12.6. The van der Waals surface area contributed by atoms with Crippen molar-refractivity contribution >= 4 is 21.7 Å². The molecule has 1 N–H and O–H groups in total. The second-order valence-corrected chi connectivity index (χ2v) is 8.65. The molecule has 2 aromatic heterocycles. The third kappa shape index (κ3) is 4.27. The van der Waals surface area contributed by atoms with Gasteiger partial charge in [-0.25, -0.2) is 22.2 Å². The molecule has 0 aliphatic carbocycles. The number of aryl methyl sites for hydroxylation is 1. The maximum atomic E-state index is 12.4. The van der Waals surface area contributed by atoms with Gasteiger partial charge in [0.25, 0.3) is 0 Å². The number of carbonyl (C=O) groups excluding carboxylic acids is 1. The summed E-state index contributed by atoms with van der Waals surface area (Å²) in [5.74, 6) is 0.904. The average Bonchev–Trinajstić information content (AvgIpc) is 3.12. The van der Waals surface area contributed by atoms with Gasteiger partial charge in [0.15, 0.2) is 5.82 Å². The molecule has 0 radical (unpaired) electrons. The summed E-state index contributed by atoms with van der Waals surface area (Å²) in [7, 11) is -1.62. The lowest BCUT2D eigenvalue weighted by Crippen LogP contribution is -2.37. The van der Waals surface area contributed by atoms with Gasteiger partial charge < -0.3 is 9.84 Å². The fraction of sp³-hybridized carbons (Fsp3) is 0.600. The van der Waals surface area contributed by atoms with Crippen LogP contribution in [-0.2, 0) is 28.4 Å². The number of nitrogens with zero attached hydrogens (tertiary/aromatic N) is 5. The van der Waals surface area contributed by atoms with E-state index in [1.54, 1.807) is 20.0 Å². The Morgan fingerprint density at radius 2 is 2.04 bits per heavy atom. The molecule has 1 aliphatic heterocycles. The minimum absolute atomic E-state index is 0.0387. The fourth-order valence-electron chi connectivity index (χ4n) is 3.15. The molecule has 0 spiro atoms. The zero-order chi connectivity index (χ0) is 19.8. The highest BCUT2D eigenvalue weighted by molar-refractivity contribution is 7.88. The molecule has 0 bridgehead atoms. The van der Waals surface area contributed by atoms with E-state index in [0.717, 1.165) is 4.68 Å².